The minimum atomic E-state index is -0.915. The molecule has 1 N–H and O–H groups in total. The first-order valence-electron chi connectivity index (χ1n) is 6.23. The van der Waals surface area contributed by atoms with E-state index in [9.17, 15) is 4.79 Å². The number of nitrogens with zero attached hydrogens (tertiary/aromatic N) is 2. The number of hydrogen-bond acceptors (Lipinski definition) is 2. The van der Waals surface area contributed by atoms with Gasteiger partial charge >= 0.3 is 5.97 Å². The summed E-state index contributed by atoms with van der Waals surface area (Å²) in [5.74, 6) is -0.915. The zero-order valence-corrected chi connectivity index (χ0v) is 11.7. The minimum absolute atomic E-state index is 0.309. The molecule has 0 spiro atoms. The summed E-state index contributed by atoms with van der Waals surface area (Å²) in [6.07, 6.45) is 0. The van der Waals surface area contributed by atoms with E-state index in [2.05, 4.69) is 37.1 Å². The first kappa shape index (κ1) is 13.3. The molecule has 1 aromatic carbocycles. The number of carboxylic acid groups (broad SMARTS) is 1. The second-order valence-corrected chi connectivity index (χ2v) is 4.93. The molecule has 0 aliphatic carbocycles. The summed E-state index contributed by atoms with van der Waals surface area (Å²) in [6.45, 7) is 8.27. The highest BCUT2D eigenvalue weighted by molar-refractivity contribution is 5.90. The van der Waals surface area contributed by atoms with Gasteiger partial charge in [-0.2, -0.15) is 5.10 Å². The second-order valence-electron chi connectivity index (χ2n) is 4.93. The van der Waals surface area contributed by atoms with Crippen LogP contribution in [-0.2, 0) is 6.54 Å². The third-order valence-corrected chi connectivity index (χ3v) is 3.50. The van der Waals surface area contributed by atoms with Crippen molar-refractivity contribution in [3.8, 4) is 0 Å². The Hall–Kier alpha value is -2.10. The van der Waals surface area contributed by atoms with E-state index in [0.717, 1.165) is 5.56 Å². The maximum absolute atomic E-state index is 11.2. The van der Waals surface area contributed by atoms with Crippen molar-refractivity contribution >= 4 is 5.97 Å². The summed E-state index contributed by atoms with van der Waals surface area (Å²) in [5, 5.41) is 13.5. The van der Waals surface area contributed by atoms with Crippen LogP contribution in [0.25, 0.3) is 0 Å². The van der Waals surface area contributed by atoms with Gasteiger partial charge in [0.25, 0.3) is 0 Å². The predicted octanol–water partition coefficient (Wildman–Crippen LogP) is 2.86. The van der Waals surface area contributed by atoms with Gasteiger partial charge < -0.3 is 5.11 Å². The van der Waals surface area contributed by atoms with Crippen molar-refractivity contribution in [2.24, 2.45) is 0 Å². The number of carboxylic acids is 1. The topological polar surface area (TPSA) is 55.1 Å². The van der Waals surface area contributed by atoms with Crippen LogP contribution in [0.2, 0.25) is 0 Å². The first-order valence-corrected chi connectivity index (χ1v) is 6.23. The summed E-state index contributed by atoms with van der Waals surface area (Å²) < 4.78 is 1.75. The lowest BCUT2D eigenvalue weighted by Crippen LogP contribution is -2.06. The maximum atomic E-state index is 11.2. The van der Waals surface area contributed by atoms with Crippen LogP contribution in [0, 0.1) is 27.7 Å². The molecule has 0 aliphatic rings. The van der Waals surface area contributed by atoms with Crippen LogP contribution in [0.3, 0.4) is 0 Å². The van der Waals surface area contributed by atoms with Gasteiger partial charge in [-0.1, -0.05) is 18.2 Å². The Bertz CT molecular complexity index is 642. The minimum Gasteiger partial charge on any atom is -0.478 e. The van der Waals surface area contributed by atoms with E-state index >= 15 is 0 Å². The molecule has 0 aliphatic heterocycles. The first-order chi connectivity index (χ1) is 8.90. The Morgan fingerprint density at radius 1 is 1.21 bits per heavy atom. The van der Waals surface area contributed by atoms with Crippen molar-refractivity contribution in [2.75, 3.05) is 0 Å². The lowest BCUT2D eigenvalue weighted by Gasteiger charge is -2.07. The molecule has 4 nitrogen and oxygen atoms in total. The molecule has 2 rings (SSSR count). The van der Waals surface area contributed by atoms with Gasteiger partial charge in [0, 0.05) is 0 Å². The molecule has 0 amide bonds. The van der Waals surface area contributed by atoms with Gasteiger partial charge in [-0.3, -0.25) is 4.68 Å². The summed E-state index contributed by atoms with van der Waals surface area (Å²) in [5.41, 5.74) is 5.19. The number of aryl methyl sites for hydroxylation is 3. The molecular weight excluding hydrogens is 240 g/mol. The Kier molecular flexibility index (Phi) is 3.42. The average molecular weight is 258 g/mol. The SMILES string of the molecule is Cc1ccc(Cn2nc(C)c(C(=O)O)c2C)cc1C. The van der Waals surface area contributed by atoms with E-state index in [0.29, 0.717) is 23.5 Å². The standard InChI is InChI=1S/C15H18N2O2/c1-9-5-6-13(7-10(9)2)8-17-12(4)14(15(18)19)11(3)16-17/h5-7H,8H2,1-4H3,(H,18,19). The predicted molar refractivity (Wildman–Crippen MR) is 73.7 cm³/mol. The highest BCUT2D eigenvalue weighted by Crippen LogP contribution is 2.16. The van der Waals surface area contributed by atoms with Gasteiger partial charge in [0.2, 0.25) is 0 Å². The highest BCUT2D eigenvalue weighted by Gasteiger charge is 2.17. The van der Waals surface area contributed by atoms with Gasteiger partial charge in [0.05, 0.1) is 17.9 Å². The number of aromatic carboxylic acids is 1. The molecule has 0 saturated heterocycles. The fraction of sp³-hybridized carbons (Fsp3) is 0.333. The van der Waals surface area contributed by atoms with Crippen LogP contribution in [0.1, 0.15) is 38.4 Å². The van der Waals surface area contributed by atoms with E-state index < -0.39 is 5.97 Å². The van der Waals surface area contributed by atoms with Gasteiger partial charge in [-0.25, -0.2) is 4.79 Å². The smallest absolute Gasteiger partial charge is 0.339 e. The number of rotatable bonds is 3. The molecule has 0 bridgehead atoms. The van der Waals surface area contributed by atoms with Crippen molar-refractivity contribution in [2.45, 2.75) is 34.2 Å². The van der Waals surface area contributed by atoms with Gasteiger partial charge in [-0.15, -0.1) is 0 Å². The van der Waals surface area contributed by atoms with Crippen molar-refractivity contribution in [3.05, 3.63) is 51.8 Å². The van der Waals surface area contributed by atoms with Crippen molar-refractivity contribution in [3.63, 3.8) is 0 Å². The van der Waals surface area contributed by atoms with Crippen LogP contribution >= 0.6 is 0 Å². The lowest BCUT2D eigenvalue weighted by molar-refractivity contribution is 0.0695. The van der Waals surface area contributed by atoms with Crippen LogP contribution in [0.15, 0.2) is 18.2 Å². The zero-order chi connectivity index (χ0) is 14.2. The molecule has 100 valence electrons. The third-order valence-electron chi connectivity index (χ3n) is 3.50. The van der Waals surface area contributed by atoms with Gasteiger partial charge in [0.1, 0.15) is 5.56 Å². The Morgan fingerprint density at radius 3 is 2.42 bits per heavy atom. The normalized spacial score (nSPS) is 10.7. The van der Waals surface area contributed by atoms with E-state index in [1.165, 1.54) is 11.1 Å². The summed E-state index contributed by atoms with van der Waals surface area (Å²) in [7, 11) is 0. The quantitative estimate of drug-likeness (QED) is 0.921. The van der Waals surface area contributed by atoms with Gasteiger partial charge in [-0.05, 0) is 44.4 Å². The molecule has 19 heavy (non-hydrogen) atoms. The Labute approximate surface area is 112 Å². The molecule has 0 atom stereocenters. The monoisotopic (exact) mass is 258 g/mol. The number of carbonyl (C=O) groups is 1. The van der Waals surface area contributed by atoms with Crippen LogP contribution in [0.4, 0.5) is 0 Å². The van der Waals surface area contributed by atoms with Gasteiger partial charge in [0.15, 0.2) is 0 Å². The molecule has 0 saturated carbocycles. The lowest BCUT2D eigenvalue weighted by atomic mass is 10.1. The molecule has 0 radical (unpaired) electrons. The zero-order valence-electron chi connectivity index (χ0n) is 11.7. The molecule has 4 heteroatoms. The second kappa shape index (κ2) is 4.88. The summed E-state index contributed by atoms with van der Waals surface area (Å²) >= 11 is 0. The molecule has 1 heterocycles. The van der Waals surface area contributed by atoms with Crippen molar-refractivity contribution in [1.29, 1.82) is 0 Å². The average Bonchev–Trinajstić information content (AvgIpc) is 2.59. The van der Waals surface area contributed by atoms with Crippen molar-refractivity contribution in [1.82, 2.24) is 9.78 Å². The van der Waals surface area contributed by atoms with E-state index in [1.807, 2.05) is 0 Å². The van der Waals surface area contributed by atoms with E-state index in [1.54, 1.807) is 18.5 Å². The summed E-state index contributed by atoms with van der Waals surface area (Å²) in [6, 6.07) is 6.25. The third kappa shape index (κ3) is 2.52. The molecular formula is C15H18N2O2. The van der Waals surface area contributed by atoms with Crippen LogP contribution < -0.4 is 0 Å². The number of hydrogen-bond donors (Lipinski definition) is 1. The van der Waals surface area contributed by atoms with E-state index in [-0.39, 0.29) is 0 Å². The van der Waals surface area contributed by atoms with Crippen LogP contribution in [-0.4, -0.2) is 20.9 Å². The highest BCUT2D eigenvalue weighted by atomic mass is 16.4. The molecule has 0 unspecified atom stereocenters. The molecule has 2 aromatic rings. The van der Waals surface area contributed by atoms with Crippen LogP contribution in [0.5, 0.6) is 0 Å². The van der Waals surface area contributed by atoms with Crippen molar-refractivity contribution < 1.29 is 9.90 Å². The molecule has 0 fully saturated rings. The summed E-state index contributed by atoms with van der Waals surface area (Å²) in [4.78, 5) is 11.2. The fourth-order valence-corrected chi connectivity index (χ4v) is 2.24. The number of benzene rings is 1. The Balaban J connectivity index is 2.36. The molecule has 1 aromatic heterocycles. The largest absolute Gasteiger partial charge is 0.478 e. The fourth-order valence-electron chi connectivity index (χ4n) is 2.24. The van der Waals surface area contributed by atoms with E-state index in [4.69, 9.17) is 5.11 Å². The number of aromatic nitrogens is 2. The maximum Gasteiger partial charge on any atom is 0.339 e. The Morgan fingerprint density at radius 2 is 1.89 bits per heavy atom.